The van der Waals surface area contributed by atoms with Gasteiger partial charge < -0.3 is 20.1 Å². The molecule has 92 valence electrons. The standard InChI is InChI=1S/C11H13FN2O3/c12-9-2-1-8(7-10(9)17-11(13)15)14-3-5-16-6-4-14/h1-2,7H,3-6H2,(H2,13,15). The second kappa shape index (κ2) is 5.01. The lowest BCUT2D eigenvalue weighted by Gasteiger charge is -2.29. The zero-order valence-corrected chi connectivity index (χ0v) is 9.19. The van der Waals surface area contributed by atoms with Crippen molar-refractivity contribution in [1.82, 2.24) is 0 Å². The molecule has 6 heteroatoms. The molecule has 5 nitrogen and oxygen atoms in total. The van der Waals surface area contributed by atoms with Crippen molar-refractivity contribution < 1.29 is 18.7 Å². The van der Waals surface area contributed by atoms with Crippen LogP contribution in [0.2, 0.25) is 0 Å². The van der Waals surface area contributed by atoms with Crippen LogP contribution in [0.25, 0.3) is 0 Å². The monoisotopic (exact) mass is 240 g/mol. The fourth-order valence-electron chi connectivity index (χ4n) is 1.70. The van der Waals surface area contributed by atoms with Crippen molar-refractivity contribution in [2.75, 3.05) is 31.2 Å². The normalized spacial score (nSPS) is 15.7. The summed E-state index contributed by atoms with van der Waals surface area (Å²) in [6, 6.07) is 4.35. The number of hydrogen-bond donors (Lipinski definition) is 1. The van der Waals surface area contributed by atoms with Crippen LogP contribution in [0.3, 0.4) is 0 Å². The van der Waals surface area contributed by atoms with Gasteiger partial charge >= 0.3 is 6.09 Å². The van der Waals surface area contributed by atoms with E-state index in [1.54, 1.807) is 6.07 Å². The summed E-state index contributed by atoms with van der Waals surface area (Å²) in [5.74, 6) is -0.762. The van der Waals surface area contributed by atoms with Crippen molar-refractivity contribution in [3.05, 3.63) is 24.0 Å². The van der Waals surface area contributed by atoms with Gasteiger partial charge in [0.05, 0.1) is 13.2 Å². The molecule has 0 saturated carbocycles. The quantitative estimate of drug-likeness (QED) is 0.841. The highest BCUT2D eigenvalue weighted by Crippen LogP contribution is 2.25. The zero-order chi connectivity index (χ0) is 12.3. The topological polar surface area (TPSA) is 64.8 Å². The summed E-state index contributed by atoms with van der Waals surface area (Å²) < 4.78 is 23.1. The maximum Gasteiger partial charge on any atom is 0.410 e. The number of carbonyl (C=O) groups is 1. The van der Waals surface area contributed by atoms with Crippen LogP contribution in [0.1, 0.15) is 0 Å². The summed E-state index contributed by atoms with van der Waals surface area (Å²) in [5.41, 5.74) is 5.64. The van der Waals surface area contributed by atoms with Gasteiger partial charge in [0, 0.05) is 24.8 Å². The van der Waals surface area contributed by atoms with Crippen molar-refractivity contribution in [1.29, 1.82) is 0 Å². The van der Waals surface area contributed by atoms with Gasteiger partial charge in [0.15, 0.2) is 11.6 Å². The van der Waals surface area contributed by atoms with E-state index >= 15 is 0 Å². The molecule has 2 N–H and O–H groups in total. The molecule has 1 fully saturated rings. The Balaban J connectivity index is 2.20. The number of benzene rings is 1. The Hall–Kier alpha value is -1.82. The summed E-state index contributed by atoms with van der Waals surface area (Å²) in [6.07, 6.45) is -1.02. The first-order valence-corrected chi connectivity index (χ1v) is 5.26. The predicted molar refractivity (Wildman–Crippen MR) is 59.6 cm³/mol. The smallest absolute Gasteiger partial charge is 0.407 e. The highest BCUT2D eigenvalue weighted by atomic mass is 19.1. The molecule has 2 rings (SSSR count). The number of halogens is 1. The minimum absolute atomic E-state index is 0.151. The summed E-state index contributed by atoms with van der Waals surface area (Å²) >= 11 is 0. The van der Waals surface area contributed by atoms with Gasteiger partial charge in [0.1, 0.15) is 0 Å². The van der Waals surface area contributed by atoms with Crippen LogP contribution in [-0.2, 0) is 4.74 Å². The maximum atomic E-state index is 13.3. The van der Waals surface area contributed by atoms with Crippen molar-refractivity contribution in [3.8, 4) is 5.75 Å². The Labute approximate surface area is 97.9 Å². The van der Waals surface area contributed by atoms with Crippen LogP contribution in [0.5, 0.6) is 5.75 Å². The molecule has 0 atom stereocenters. The van der Waals surface area contributed by atoms with Crippen LogP contribution in [0.4, 0.5) is 14.9 Å². The number of rotatable bonds is 2. The van der Waals surface area contributed by atoms with Gasteiger partial charge in [-0.1, -0.05) is 0 Å². The first-order chi connectivity index (χ1) is 8.16. The number of carbonyl (C=O) groups excluding carboxylic acids is 1. The van der Waals surface area contributed by atoms with Gasteiger partial charge in [0.25, 0.3) is 0 Å². The third-order valence-electron chi connectivity index (χ3n) is 2.50. The Bertz CT molecular complexity index is 419. The van der Waals surface area contributed by atoms with E-state index < -0.39 is 11.9 Å². The van der Waals surface area contributed by atoms with E-state index in [9.17, 15) is 9.18 Å². The Morgan fingerprint density at radius 2 is 2.12 bits per heavy atom. The van der Waals surface area contributed by atoms with Gasteiger partial charge in [-0.25, -0.2) is 9.18 Å². The number of amides is 1. The fourth-order valence-corrected chi connectivity index (χ4v) is 1.70. The number of anilines is 1. The van der Waals surface area contributed by atoms with Gasteiger partial charge in [0.2, 0.25) is 0 Å². The van der Waals surface area contributed by atoms with Crippen molar-refractivity contribution in [2.45, 2.75) is 0 Å². The molecule has 0 aromatic heterocycles. The number of primary amides is 1. The molecule has 17 heavy (non-hydrogen) atoms. The van der Waals surface area contributed by atoms with Crippen LogP contribution < -0.4 is 15.4 Å². The van der Waals surface area contributed by atoms with Gasteiger partial charge in [-0.15, -0.1) is 0 Å². The van der Waals surface area contributed by atoms with Crippen LogP contribution >= 0.6 is 0 Å². The van der Waals surface area contributed by atoms with E-state index in [0.29, 0.717) is 13.2 Å². The Morgan fingerprint density at radius 3 is 2.76 bits per heavy atom. The van der Waals surface area contributed by atoms with Crippen molar-refractivity contribution in [3.63, 3.8) is 0 Å². The molecule has 1 heterocycles. The Morgan fingerprint density at radius 1 is 1.41 bits per heavy atom. The first kappa shape index (κ1) is 11.7. The minimum Gasteiger partial charge on any atom is -0.407 e. The number of morpholine rings is 1. The lowest BCUT2D eigenvalue weighted by Crippen LogP contribution is -2.36. The van der Waals surface area contributed by atoms with E-state index in [4.69, 9.17) is 10.5 Å². The molecule has 0 bridgehead atoms. The fraction of sp³-hybridized carbons (Fsp3) is 0.364. The number of nitrogens with two attached hydrogens (primary N) is 1. The summed E-state index contributed by atoms with van der Waals surface area (Å²) in [7, 11) is 0. The van der Waals surface area contributed by atoms with Gasteiger partial charge in [-0.2, -0.15) is 0 Å². The van der Waals surface area contributed by atoms with Crippen LogP contribution in [-0.4, -0.2) is 32.4 Å². The number of ether oxygens (including phenoxy) is 2. The molecule has 1 aliphatic heterocycles. The third kappa shape index (κ3) is 2.85. The highest BCUT2D eigenvalue weighted by molar-refractivity contribution is 5.69. The van der Waals surface area contributed by atoms with E-state index in [1.807, 2.05) is 4.90 Å². The first-order valence-electron chi connectivity index (χ1n) is 5.26. The molecule has 1 amide bonds. The summed E-state index contributed by atoms with van der Waals surface area (Å²) in [4.78, 5) is 12.6. The molecule has 0 unspecified atom stereocenters. The van der Waals surface area contributed by atoms with E-state index in [1.165, 1.54) is 12.1 Å². The largest absolute Gasteiger partial charge is 0.410 e. The van der Waals surface area contributed by atoms with Crippen molar-refractivity contribution in [2.24, 2.45) is 5.73 Å². The van der Waals surface area contributed by atoms with Crippen LogP contribution in [0.15, 0.2) is 18.2 Å². The Kier molecular flexibility index (Phi) is 3.43. The molecule has 1 saturated heterocycles. The second-order valence-corrected chi connectivity index (χ2v) is 3.64. The highest BCUT2D eigenvalue weighted by Gasteiger charge is 2.14. The van der Waals surface area contributed by atoms with E-state index in [-0.39, 0.29) is 5.75 Å². The average molecular weight is 240 g/mol. The third-order valence-corrected chi connectivity index (χ3v) is 2.50. The van der Waals surface area contributed by atoms with Crippen LogP contribution in [0, 0.1) is 5.82 Å². The lowest BCUT2D eigenvalue weighted by molar-refractivity contribution is 0.122. The van der Waals surface area contributed by atoms with E-state index in [2.05, 4.69) is 4.74 Å². The maximum absolute atomic E-state index is 13.3. The minimum atomic E-state index is -1.02. The molecule has 0 spiro atoms. The number of hydrogen-bond acceptors (Lipinski definition) is 4. The van der Waals surface area contributed by atoms with E-state index in [0.717, 1.165) is 18.8 Å². The SMILES string of the molecule is NC(=O)Oc1cc(N2CCOCC2)ccc1F. The second-order valence-electron chi connectivity index (χ2n) is 3.64. The molecule has 1 aliphatic rings. The molecule has 0 radical (unpaired) electrons. The van der Waals surface area contributed by atoms with Gasteiger partial charge in [-0.05, 0) is 12.1 Å². The average Bonchev–Trinajstić information content (AvgIpc) is 2.32. The molecule has 0 aliphatic carbocycles. The molecular weight excluding hydrogens is 227 g/mol. The molecule has 1 aromatic carbocycles. The van der Waals surface area contributed by atoms with Gasteiger partial charge in [-0.3, -0.25) is 0 Å². The number of nitrogens with zero attached hydrogens (tertiary/aromatic N) is 1. The predicted octanol–water partition coefficient (Wildman–Crippen LogP) is 1.12. The molecule has 1 aromatic rings. The summed E-state index contributed by atoms with van der Waals surface area (Å²) in [5, 5.41) is 0. The summed E-state index contributed by atoms with van der Waals surface area (Å²) in [6.45, 7) is 2.70. The molecular formula is C11H13FN2O3. The lowest BCUT2D eigenvalue weighted by atomic mass is 10.2. The van der Waals surface area contributed by atoms with Crippen molar-refractivity contribution >= 4 is 11.8 Å². The zero-order valence-electron chi connectivity index (χ0n) is 9.19.